The molecule has 0 bridgehead atoms. The highest BCUT2D eigenvalue weighted by atomic mass is 79.9. The van der Waals surface area contributed by atoms with Gasteiger partial charge in [0.2, 0.25) is 0 Å². The summed E-state index contributed by atoms with van der Waals surface area (Å²) in [5, 5.41) is 5.68. The molecule has 0 aliphatic heterocycles. The summed E-state index contributed by atoms with van der Waals surface area (Å²) in [6, 6.07) is 2.61. The van der Waals surface area contributed by atoms with E-state index in [0.717, 1.165) is 13.0 Å². The fourth-order valence-electron chi connectivity index (χ4n) is 1.62. The van der Waals surface area contributed by atoms with Crippen LogP contribution in [0, 0.1) is 0 Å². The Bertz CT molecular complexity index is 325. The van der Waals surface area contributed by atoms with Gasteiger partial charge >= 0.3 is 0 Å². The van der Waals surface area contributed by atoms with Crippen LogP contribution >= 0.6 is 27.3 Å². The molecule has 1 rings (SSSR count). The normalized spacial score (nSPS) is 14.1. The number of hydrogen-bond donors (Lipinski definition) is 1. The molecule has 1 atom stereocenters. The van der Waals surface area contributed by atoms with Crippen LogP contribution in [0.5, 0.6) is 0 Å². The van der Waals surface area contributed by atoms with Crippen LogP contribution in [0.3, 0.4) is 0 Å². The second-order valence-electron chi connectivity index (χ2n) is 4.71. The number of halogens is 1. The van der Waals surface area contributed by atoms with Gasteiger partial charge in [-0.2, -0.15) is 0 Å². The molecular weight excluding hydrogens is 286 g/mol. The molecule has 1 aromatic rings. The summed E-state index contributed by atoms with van der Waals surface area (Å²) in [6.45, 7) is 7.35. The monoisotopic (exact) mass is 305 g/mol. The van der Waals surface area contributed by atoms with Gasteiger partial charge in [-0.25, -0.2) is 0 Å². The fraction of sp³-hybridized carbons (Fsp3) is 0.667. The largest absolute Gasteiger partial charge is 0.379 e. The summed E-state index contributed by atoms with van der Waals surface area (Å²) >= 11 is 5.20. The van der Waals surface area contributed by atoms with Crippen molar-refractivity contribution in [3.63, 3.8) is 0 Å². The Hall–Kier alpha value is 0.100. The Morgan fingerprint density at radius 2 is 2.25 bits per heavy atom. The van der Waals surface area contributed by atoms with Gasteiger partial charge in [0.1, 0.15) is 0 Å². The van der Waals surface area contributed by atoms with E-state index in [1.54, 1.807) is 18.4 Å². The van der Waals surface area contributed by atoms with E-state index in [1.807, 2.05) is 0 Å². The SMILES string of the molecule is COC(C)(C)CC(C)NCc1csc(Br)c1. The standard InChI is InChI=1S/C12H20BrNOS/c1-9(6-12(2,3)15-4)14-7-10-5-11(13)16-8-10/h5,8-9,14H,6-7H2,1-4H3. The summed E-state index contributed by atoms with van der Waals surface area (Å²) in [5.74, 6) is 0. The Kier molecular flexibility index (Phi) is 5.44. The molecular formula is C12H20BrNOS. The molecule has 0 amide bonds. The molecule has 92 valence electrons. The van der Waals surface area contributed by atoms with Crippen LogP contribution in [-0.4, -0.2) is 18.8 Å². The minimum atomic E-state index is -0.0539. The molecule has 0 aromatic carbocycles. The van der Waals surface area contributed by atoms with Crippen molar-refractivity contribution >= 4 is 27.3 Å². The number of nitrogens with one attached hydrogen (secondary N) is 1. The number of thiophene rings is 1. The predicted molar refractivity (Wildman–Crippen MR) is 74.0 cm³/mol. The summed E-state index contributed by atoms with van der Waals surface area (Å²) in [7, 11) is 1.77. The second-order valence-corrected chi connectivity index (χ2v) is 7.00. The highest BCUT2D eigenvalue weighted by Crippen LogP contribution is 2.21. The van der Waals surface area contributed by atoms with Gasteiger partial charge in [-0.3, -0.25) is 0 Å². The molecule has 1 heterocycles. The van der Waals surface area contributed by atoms with Crippen molar-refractivity contribution in [2.24, 2.45) is 0 Å². The van der Waals surface area contributed by atoms with Gasteiger partial charge in [-0.15, -0.1) is 11.3 Å². The third-order valence-corrected chi connectivity index (χ3v) is 4.18. The van der Waals surface area contributed by atoms with Crippen molar-refractivity contribution in [3.05, 3.63) is 20.8 Å². The molecule has 1 N–H and O–H groups in total. The molecule has 16 heavy (non-hydrogen) atoms. The molecule has 0 radical (unpaired) electrons. The number of methoxy groups -OCH3 is 1. The molecule has 0 spiro atoms. The summed E-state index contributed by atoms with van der Waals surface area (Å²) < 4.78 is 6.61. The molecule has 2 nitrogen and oxygen atoms in total. The van der Waals surface area contributed by atoms with E-state index >= 15 is 0 Å². The quantitative estimate of drug-likeness (QED) is 0.863. The molecule has 0 saturated carbocycles. The smallest absolute Gasteiger partial charge is 0.0701 e. The van der Waals surface area contributed by atoms with Crippen LogP contribution < -0.4 is 5.32 Å². The molecule has 1 unspecified atom stereocenters. The maximum absolute atomic E-state index is 5.42. The summed E-state index contributed by atoms with van der Waals surface area (Å²) in [6.07, 6.45) is 1.01. The van der Waals surface area contributed by atoms with Crippen LogP contribution in [0.15, 0.2) is 15.2 Å². The first-order valence-electron chi connectivity index (χ1n) is 5.44. The van der Waals surface area contributed by atoms with Gasteiger partial charge in [0.15, 0.2) is 0 Å². The van der Waals surface area contributed by atoms with E-state index in [1.165, 1.54) is 9.35 Å². The third kappa shape index (κ3) is 4.95. The lowest BCUT2D eigenvalue weighted by molar-refractivity contribution is 0.00845. The summed E-state index contributed by atoms with van der Waals surface area (Å²) in [4.78, 5) is 0. The van der Waals surface area contributed by atoms with Crippen molar-refractivity contribution in [2.45, 2.75) is 45.4 Å². The first-order valence-corrected chi connectivity index (χ1v) is 7.11. The van der Waals surface area contributed by atoms with E-state index in [0.29, 0.717) is 6.04 Å². The molecule has 4 heteroatoms. The molecule has 0 saturated heterocycles. The van der Waals surface area contributed by atoms with E-state index < -0.39 is 0 Å². The minimum Gasteiger partial charge on any atom is -0.379 e. The van der Waals surface area contributed by atoms with Gasteiger partial charge < -0.3 is 10.1 Å². The highest BCUT2D eigenvalue weighted by molar-refractivity contribution is 9.11. The van der Waals surface area contributed by atoms with E-state index in [4.69, 9.17) is 4.74 Å². The fourth-order valence-corrected chi connectivity index (χ4v) is 2.83. The van der Waals surface area contributed by atoms with Crippen molar-refractivity contribution < 1.29 is 4.74 Å². The topological polar surface area (TPSA) is 21.3 Å². The first-order chi connectivity index (χ1) is 7.43. The van der Waals surface area contributed by atoms with Crippen molar-refractivity contribution in [1.29, 1.82) is 0 Å². The van der Waals surface area contributed by atoms with Crippen molar-refractivity contribution in [3.8, 4) is 0 Å². The maximum Gasteiger partial charge on any atom is 0.0701 e. The van der Waals surface area contributed by atoms with Crippen molar-refractivity contribution in [1.82, 2.24) is 5.32 Å². The Morgan fingerprint density at radius 1 is 1.56 bits per heavy atom. The Balaban J connectivity index is 2.33. The zero-order chi connectivity index (χ0) is 12.2. The zero-order valence-corrected chi connectivity index (χ0v) is 12.7. The molecule has 1 aromatic heterocycles. The lowest BCUT2D eigenvalue weighted by Gasteiger charge is -2.27. The maximum atomic E-state index is 5.42. The number of ether oxygens (including phenoxy) is 1. The Labute approximate surface area is 111 Å². The highest BCUT2D eigenvalue weighted by Gasteiger charge is 2.19. The second kappa shape index (κ2) is 6.15. The molecule has 0 aliphatic carbocycles. The average Bonchev–Trinajstić information content (AvgIpc) is 2.61. The zero-order valence-electron chi connectivity index (χ0n) is 10.3. The van der Waals surface area contributed by atoms with E-state index in [2.05, 4.69) is 53.5 Å². The minimum absolute atomic E-state index is 0.0539. The number of hydrogen-bond acceptors (Lipinski definition) is 3. The summed E-state index contributed by atoms with van der Waals surface area (Å²) in [5.41, 5.74) is 1.28. The predicted octanol–water partition coefficient (Wildman–Crippen LogP) is 3.80. The van der Waals surface area contributed by atoms with E-state index in [9.17, 15) is 0 Å². The number of rotatable bonds is 6. The van der Waals surface area contributed by atoms with Crippen molar-refractivity contribution in [2.75, 3.05) is 7.11 Å². The lowest BCUT2D eigenvalue weighted by Crippen LogP contribution is -2.35. The first kappa shape index (κ1) is 14.2. The molecule has 0 aliphatic rings. The average molecular weight is 306 g/mol. The van der Waals surface area contributed by atoms with Crippen LogP contribution in [0.1, 0.15) is 32.8 Å². The van der Waals surface area contributed by atoms with Crippen LogP contribution in [0.2, 0.25) is 0 Å². The van der Waals surface area contributed by atoms with Gasteiger partial charge in [-0.1, -0.05) is 0 Å². The molecule has 0 fully saturated rings. The van der Waals surface area contributed by atoms with Crippen LogP contribution in [0.25, 0.3) is 0 Å². The van der Waals surface area contributed by atoms with Crippen LogP contribution in [0.4, 0.5) is 0 Å². The Morgan fingerprint density at radius 3 is 2.75 bits per heavy atom. The van der Waals surface area contributed by atoms with Gasteiger partial charge in [0.25, 0.3) is 0 Å². The van der Waals surface area contributed by atoms with E-state index in [-0.39, 0.29) is 5.60 Å². The van der Waals surface area contributed by atoms with Gasteiger partial charge in [0.05, 0.1) is 9.39 Å². The van der Waals surface area contributed by atoms with Gasteiger partial charge in [0, 0.05) is 19.7 Å². The van der Waals surface area contributed by atoms with Crippen LogP contribution in [-0.2, 0) is 11.3 Å². The lowest BCUT2D eigenvalue weighted by atomic mass is 10.00. The van der Waals surface area contributed by atoms with Gasteiger partial charge in [-0.05, 0) is 60.1 Å². The third-order valence-electron chi connectivity index (χ3n) is 2.63.